The van der Waals surface area contributed by atoms with Crippen LogP contribution in [0.2, 0.25) is 0 Å². The van der Waals surface area contributed by atoms with Gasteiger partial charge in [0.2, 0.25) is 0 Å². The molecule has 0 bridgehead atoms. The van der Waals surface area contributed by atoms with E-state index >= 15 is 0 Å². The molecule has 0 spiro atoms. The molecule has 0 radical (unpaired) electrons. The maximum atomic E-state index is 12.7. The molecule has 0 saturated carbocycles. The second kappa shape index (κ2) is 9.36. The van der Waals surface area contributed by atoms with E-state index < -0.39 is 0 Å². The number of carbonyl (C=O) groups excluding carboxylic acids is 1. The first kappa shape index (κ1) is 19.9. The fourth-order valence-corrected chi connectivity index (χ4v) is 4.49. The van der Waals surface area contributed by atoms with Gasteiger partial charge in [0.15, 0.2) is 0 Å². The molecule has 148 valence electrons. The lowest BCUT2D eigenvalue weighted by Crippen LogP contribution is -2.68. The van der Waals surface area contributed by atoms with Gasteiger partial charge in [-0.25, -0.2) is 0 Å². The third-order valence-electron chi connectivity index (χ3n) is 4.98. The van der Waals surface area contributed by atoms with Crippen LogP contribution < -0.4 is 31.9 Å². The summed E-state index contributed by atoms with van der Waals surface area (Å²) in [6, 6.07) is 0.277. The van der Waals surface area contributed by atoms with Crippen LogP contribution in [0.15, 0.2) is 11.1 Å². The first-order valence-corrected chi connectivity index (χ1v) is 10.3. The molecule has 0 aromatic carbocycles. The van der Waals surface area contributed by atoms with Gasteiger partial charge in [0, 0.05) is 38.4 Å². The highest BCUT2D eigenvalue weighted by atomic mass is 32.2. The van der Waals surface area contributed by atoms with Crippen molar-refractivity contribution in [3.8, 4) is 0 Å². The topological polar surface area (TPSA) is 95.7 Å². The number of fused-ring (bicyclic) bond motifs is 1. The first-order valence-electron chi connectivity index (χ1n) is 9.32. The molecule has 10 heteroatoms. The van der Waals surface area contributed by atoms with Gasteiger partial charge in [-0.1, -0.05) is 6.92 Å². The molecule has 4 atom stereocenters. The Bertz CT molecular complexity index is 516. The van der Waals surface area contributed by atoms with E-state index in [2.05, 4.69) is 48.6 Å². The molecule has 26 heavy (non-hydrogen) atoms. The summed E-state index contributed by atoms with van der Waals surface area (Å²) in [6.07, 6.45) is 2.59. The van der Waals surface area contributed by atoms with E-state index in [0.29, 0.717) is 6.54 Å². The van der Waals surface area contributed by atoms with E-state index in [-0.39, 0.29) is 30.4 Å². The molecule has 3 heterocycles. The number of hydrogen-bond acceptors (Lipinski definition) is 9. The van der Waals surface area contributed by atoms with Crippen molar-refractivity contribution in [1.29, 1.82) is 0 Å². The molecule has 1 amide bonds. The van der Waals surface area contributed by atoms with E-state index in [4.69, 9.17) is 0 Å². The van der Waals surface area contributed by atoms with Crippen molar-refractivity contribution in [2.24, 2.45) is 0 Å². The Labute approximate surface area is 160 Å². The standard InChI is InChI=1S/C16H32N8OS/c1-4-17-12(23(2)3)7-18-16(25)11-8-24(5-6-26-11)15-13-14(20-9-19-13)21-10-22-15/h8,12-15,17,19-22H,4-7,9-10H2,1-3H3,(H,18,25). The van der Waals surface area contributed by atoms with Crippen molar-refractivity contribution in [2.75, 3.05) is 52.8 Å². The van der Waals surface area contributed by atoms with Crippen LogP contribution in [0.1, 0.15) is 6.92 Å². The van der Waals surface area contributed by atoms with Crippen molar-refractivity contribution < 1.29 is 4.79 Å². The van der Waals surface area contributed by atoms with Gasteiger partial charge in [-0.2, -0.15) is 0 Å². The van der Waals surface area contributed by atoms with Gasteiger partial charge in [-0.15, -0.1) is 11.8 Å². The highest BCUT2D eigenvalue weighted by Gasteiger charge is 2.39. The predicted molar refractivity (Wildman–Crippen MR) is 105 cm³/mol. The predicted octanol–water partition coefficient (Wildman–Crippen LogP) is -2.19. The van der Waals surface area contributed by atoms with Gasteiger partial charge in [-0.05, 0) is 20.6 Å². The molecule has 0 aliphatic carbocycles. The molecule has 4 unspecified atom stereocenters. The Kier molecular flexibility index (Phi) is 7.15. The summed E-state index contributed by atoms with van der Waals surface area (Å²) < 4.78 is 0. The number of thioether (sulfide) groups is 1. The van der Waals surface area contributed by atoms with E-state index in [0.717, 1.165) is 37.1 Å². The quantitative estimate of drug-likeness (QED) is 0.274. The molecule has 0 aromatic rings. The van der Waals surface area contributed by atoms with E-state index in [1.807, 2.05) is 20.3 Å². The van der Waals surface area contributed by atoms with Crippen LogP contribution in [0, 0.1) is 0 Å². The minimum atomic E-state index is 0.00689. The third kappa shape index (κ3) is 4.69. The molecular formula is C16H32N8OS. The van der Waals surface area contributed by atoms with Crippen molar-refractivity contribution >= 4 is 17.7 Å². The lowest BCUT2D eigenvalue weighted by atomic mass is 10.1. The monoisotopic (exact) mass is 384 g/mol. The fraction of sp³-hybridized carbons (Fsp3) is 0.812. The minimum Gasteiger partial charge on any atom is -0.358 e. The van der Waals surface area contributed by atoms with Gasteiger partial charge in [0.25, 0.3) is 5.91 Å². The van der Waals surface area contributed by atoms with Gasteiger partial charge in [0.05, 0.1) is 29.4 Å². The summed E-state index contributed by atoms with van der Waals surface area (Å²) in [5.74, 6) is 0.924. The molecule has 6 N–H and O–H groups in total. The number of amides is 1. The second-order valence-electron chi connectivity index (χ2n) is 6.95. The highest BCUT2D eigenvalue weighted by Crippen LogP contribution is 2.24. The Hall–Kier alpha value is -0.880. The molecule has 2 fully saturated rings. The number of nitrogens with one attached hydrogen (secondary N) is 6. The number of hydrogen-bond donors (Lipinski definition) is 6. The van der Waals surface area contributed by atoms with Crippen LogP contribution in [0.4, 0.5) is 0 Å². The number of carbonyl (C=O) groups is 1. The molecule has 9 nitrogen and oxygen atoms in total. The van der Waals surface area contributed by atoms with Gasteiger partial charge in [0.1, 0.15) is 0 Å². The zero-order chi connectivity index (χ0) is 18.5. The summed E-state index contributed by atoms with van der Waals surface area (Å²) in [5.41, 5.74) is 0. The summed E-state index contributed by atoms with van der Waals surface area (Å²) in [6.45, 7) is 6.01. The van der Waals surface area contributed by atoms with E-state index in [9.17, 15) is 4.79 Å². The van der Waals surface area contributed by atoms with Crippen LogP contribution >= 0.6 is 11.8 Å². The van der Waals surface area contributed by atoms with E-state index in [1.54, 1.807) is 11.8 Å². The van der Waals surface area contributed by atoms with Gasteiger partial charge < -0.3 is 15.5 Å². The Balaban J connectivity index is 1.59. The van der Waals surface area contributed by atoms with Crippen LogP contribution in [0.5, 0.6) is 0 Å². The summed E-state index contributed by atoms with van der Waals surface area (Å²) in [5, 5.41) is 20.3. The normalized spacial score (nSPS) is 30.1. The molecule has 3 aliphatic rings. The zero-order valence-electron chi connectivity index (χ0n) is 15.8. The van der Waals surface area contributed by atoms with Crippen molar-refractivity contribution in [2.45, 2.75) is 31.5 Å². The summed E-state index contributed by atoms with van der Waals surface area (Å²) >= 11 is 1.63. The second-order valence-corrected chi connectivity index (χ2v) is 8.08. The molecule has 2 saturated heterocycles. The van der Waals surface area contributed by atoms with Crippen LogP contribution in [-0.4, -0.2) is 93.1 Å². The van der Waals surface area contributed by atoms with Crippen molar-refractivity contribution in [1.82, 2.24) is 41.7 Å². The molecule has 0 aromatic heterocycles. The van der Waals surface area contributed by atoms with Gasteiger partial charge in [-0.3, -0.25) is 31.0 Å². The maximum Gasteiger partial charge on any atom is 0.259 e. The molecule has 3 rings (SSSR count). The fourth-order valence-electron chi connectivity index (χ4n) is 3.55. The minimum absolute atomic E-state index is 0.00689. The average molecular weight is 385 g/mol. The van der Waals surface area contributed by atoms with Crippen LogP contribution in [0.25, 0.3) is 0 Å². The number of nitrogens with zero attached hydrogens (tertiary/aromatic N) is 2. The lowest BCUT2D eigenvalue weighted by molar-refractivity contribution is -0.117. The highest BCUT2D eigenvalue weighted by molar-refractivity contribution is 8.04. The number of likely N-dealkylation sites (N-methyl/N-ethyl adjacent to an activating group) is 2. The number of rotatable bonds is 7. The average Bonchev–Trinajstić information content (AvgIpc) is 3.13. The van der Waals surface area contributed by atoms with Crippen molar-refractivity contribution in [3.63, 3.8) is 0 Å². The molecular weight excluding hydrogens is 352 g/mol. The summed E-state index contributed by atoms with van der Waals surface area (Å²) in [4.78, 5) is 17.8. The third-order valence-corrected chi connectivity index (χ3v) is 5.97. The Morgan fingerprint density at radius 2 is 2.12 bits per heavy atom. The first-order chi connectivity index (χ1) is 12.6. The maximum absolute atomic E-state index is 12.7. The van der Waals surface area contributed by atoms with Gasteiger partial charge >= 0.3 is 0 Å². The smallest absolute Gasteiger partial charge is 0.259 e. The largest absolute Gasteiger partial charge is 0.358 e. The lowest BCUT2D eigenvalue weighted by Gasteiger charge is -2.42. The molecule has 3 aliphatic heterocycles. The SMILES string of the molecule is CCNC(CNC(=O)C1=CN(C2NCNC3NCNC32)CCS1)N(C)C. The summed E-state index contributed by atoms with van der Waals surface area (Å²) in [7, 11) is 4.02. The van der Waals surface area contributed by atoms with Crippen LogP contribution in [-0.2, 0) is 4.79 Å². The Morgan fingerprint density at radius 1 is 1.35 bits per heavy atom. The van der Waals surface area contributed by atoms with Crippen LogP contribution in [0.3, 0.4) is 0 Å². The Morgan fingerprint density at radius 3 is 2.85 bits per heavy atom. The van der Waals surface area contributed by atoms with Crippen molar-refractivity contribution in [3.05, 3.63) is 11.1 Å². The zero-order valence-corrected chi connectivity index (χ0v) is 16.7. The van der Waals surface area contributed by atoms with E-state index in [1.165, 1.54) is 0 Å².